The molecule has 1 saturated heterocycles. The summed E-state index contributed by atoms with van der Waals surface area (Å²) in [7, 11) is 0. The Bertz CT molecular complexity index is 638. The summed E-state index contributed by atoms with van der Waals surface area (Å²) in [6.07, 6.45) is 1.89. The van der Waals surface area contributed by atoms with Gasteiger partial charge in [0.2, 0.25) is 0 Å². The van der Waals surface area contributed by atoms with Gasteiger partial charge in [-0.05, 0) is 38.1 Å². The van der Waals surface area contributed by atoms with Crippen molar-refractivity contribution in [3.8, 4) is 11.5 Å². The molecule has 2 heterocycles. The van der Waals surface area contributed by atoms with Crippen LogP contribution in [0.5, 0.6) is 11.5 Å². The fraction of sp³-hybridized carbons (Fsp3) is 0.526. The molecule has 6 nitrogen and oxygen atoms in total. The molecular weight excluding hydrogens is 320 g/mol. The van der Waals surface area contributed by atoms with Crippen molar-refractivity contribution in [1.29, 1.82) is 0 Å². The molecule has 0 aliphatic carbocycles. The quantitative estimate of drug-likeness (QED) is 0.850. The Kier molecular flexibility index (Phi) is 5.94. The van der Waals surface area contributed by atoms with Gasteiger partial charge in [0, 0.05) is 31.2 Å². The highest BCUT2D eigenvalue weighted by Crippen LogP contribution is 2.30. The minimum absolute atomic E-state index is 0.0719. The predicted molar refractivity (Wildman–Crippen MR) is 95.9 cm³/mol. The number of ether oxygens (including phenoxy) is 3. The van der Waals surface area contributed by atoms with Gasteiger partial charge >= 0.3 is 0 Å². The van der Waals surface area contributed by atoms with Crippen molar-refractivity contribution in [2.75, 3.05) is 46.1 Å². The first kappa shape index (κ1) is 17.8. The Balaban J connectivity index is 1.60. The maximum atomic E-state index is 12.5. The summed E-state index contributed by atoms with van der Waals surface area (Å²) in [6.45, 7) is 9.05. The molecule has 1 aromatic carbocycles. The Morgan fingerprint density at radius 2 is 2.16 bits per heavy atom. The molecular formula is C19H26N2O4. The smallest absolute Gasteiger partial charge is 0.250 e. The van der Waals surface area contributed by atoms with Crippen LogP contribution in [0.25, 0.3) is 6.08 Å². The summed E-state index contributed by atoms with van der Waals surface area (Å²) in [5.41, 5.74) is 1.51. The highest BCUT2D eigenvalue weighted by molar-refractivity contribution is 5.99. The summed E-state index contributed by atoms with van der Waals surface area (Å²) in [5, 5.41) is 3.07. The number of benzene rings is 1. The summed E-state index contributed by atoms with van der Waals surface area (Å²) < 4.78 is 16.6. The molecule has 1 unspecified atom stereocenters. The number of hydrogen-bond donors (Lipinski definition) is 1. The SMILES string of the molecule is CCOc1ccc2c(c1)C=C(C(=O)NC(C)CN1CCOCC1)CO2. The van der Waals surface area contributed by atoms with E-state index in [9.17, 15) is 4.79 Å². The topological polar surface area (TPSA) is 60.0 Å². The van der Waals surface area contributed by atoms with Crippen LogP contribution in [0.15, 0.2) is 23.8 Å². The van der Waals surface area contributed by atoms with Gasteiger partial charge in [0.25, 0.3) is 5.91 Å². The monoisotopic (exact) mass is 346 g/mol. The molecule has 1 fully saturated rings. The average molecular weight is 346 g/mol. The van der Waals surface area contributed by atoms with Gasteiger partial charge in [-0.3, -0.25) is 9.69 Å². The van der Waals surface area contributed by atoms with Crippen LogP contribution in [-0.2, 0) is 9.53 Å². The minimum atomic E-state index is -0.0757. The third-order valence-electron chi connectivity index (χ3n) is 4.31. The molecule has 1 amide bonds. The summed E-state index contributed by atoms with van der Waals surface area (Å²) in [4.78, 5) is 14.8. The van der Waals surface area contributed by atoms with Crippen LogP contribution in [0.3, 0.4) is 0 Å². The van der Waals surface area contributed by atoms with Crippen LogP contribution >= 0.6 is 0 Å². The van der Waals surface area contributed by atoms with Gasteiger partial charge in [-0.2, -0.15) is 0 Å². The van der Waals surface area contributed by atoms with E-state index < -0.39 is 0 Å². The van der Waals surface area contributed by atoms with Crippen molar-refractivity contribution in [1.82, 2.24) is 10.2 Å². The second kappa shape index (κ2) is 8.36. The van der Waals surface area contributed by atoms with Crippen LogP contribution in [0.2, 0.25) is 0 Å². The first-order valence-corrected chi connectivity index (χ1v) is 8.87. The zero-order valence-electron chi connectivity index (χ0n) is 14.9. The molecule has 0 aromatic heterocycles. The maximum absolute atomic E-state index is 12.5. The van der Waals surface area contributed by atoms with Crippen molar-refractivity contribution >= 4 is 12.0 Å². The number of amides is 1. The van der Waals surface area contributed by atoms with Gasteiger partial charge in [-0.1, -0.05) is 0 Å². The zero-order chi connectivity index (χ0) is 17.6. The Morgan fingerprint density at radius 1 is 1.36 bits per heavy atom. The van der Waals surface area contributed by atoms with Crippen molar-refractivity contribution in [3.63, 3.8) is 0 Å². The fourth-order valence-corrected chi connectivity index (χ4v) is 3.08. The van der Waals surface area contributed by atoms with E-state index in [1.54, 1.807) is 0 Å². The average Bonchev–Trinajstić information content (AvgIpc) is 2.62. The molecule has 0 spiro atoms. The fourth-order valence-electron chi connectivity index (χ4n) is 3.08. The van der Waals surface area contributed by atoms with Crippen LogP contribution in [-0.4, -0.2) is 62.9 Å². The third kappa shape index (κ3) is 4.74. The molecule has 0 saturated carbocycles. The number of fused-ring (bicyclic) bond motifs is 1. The predicted octanol–water partition coefficient (Wildman–Crippen LogP) is 1.70. The van der Waals surface area contributed by atoms with Crippen molar-refractivity contribution in [3.05, 3.63) is 29.3 Å². The molecule has 0 bridgehead atoms. The largest absolute Gasteiger partial charge is 0.494 e. The lowest BCUT2D eigenvalue weighted by atomic mass is 10.1. The van der Waals surface area contributed by atoms with E-state index in [1.807, 2.05) is 38.1 Å². The highest BCUT2D eigenvalue weighted by atomic mass is 16.5. The number of rotatable bonds is 6. The molecule has 136 valence electrons. The number of nitrogens with zero attached hydrogens (tertiary/aromatic N) is 1. The number of carbonyl (C=O) groups is 1. The lowest BCUT2D eigenvalue weighted by Crippen LogP contribution is -2.46. The van der Waals surface area contributed by atoms with Crippen LogP contribution in [0, 0.1) is 0 Å². The molecule has 1 aromatic rings. The second-order valence-corrected chi connectivity index (χ2v) is 6.38. The summed E-state index contributed by atoms with van der Waals surface area (Å²) >= 11 is 0. The van der Waals surface area contributed by atoms with Gasteiger partial charge in [-0.15, -0.1) is 0 Å². The Hall–Kier alpha value is -2.05. The Morgan fingerprint density at radius 3 is 2.92 bits per heavy atom. The molecule has 1 atom stereocenters. The molecule has 1 N–H and O–H groups in total. The molecule has 0 radical (unpaired) electrons. The van der Waals surface area contributed by atoms with Crippen molar-refractivity contribution in [2.24, 2.45) is 0 Å². The van der Waals surface area contributed by atoms with E-state index >= 15 is 0 Å². The Labute approximate surface area is 148 Å². The van der Waals surface area contributed by atoms with Crippen LogP contribution in [0.4, 0.5) is 0 Å². The number of nitrogens with one attached hydrogen (secondary N) is 1. The number of morpholine rings is 1. The van der Waals surface area contributed by atoms with Crippen molar-refractivity contribution < 1.29 is 19.0 Å². The van der Waals surface area contributed by atoms with E-state index in [2.05, 4.69) is 10.2 Å². The zero-order valence-corrected chi connectivity index (χ0v) is 14.9. The molecule has 25 heavy (non-hydrogen) atoms. The van der Waals surface area contributed by atoms with E-state index in [0.717, 1.165) is 49.9 Å². The first-order chi connectivity index (χ1) is 12.2. The summed E-state index contributed by atoms with van der Waals surface area (Å²) in [6, 6.07) is 5.74. The van der Waals surface area contributed by atoms with Gasteiger partial charge in [0.05, 0.1) is 25.4 Å². The van der Waals surface area contributed by atoms with Gasteiger partial charge in [0.15, 0.2) is 0 Å². The van der Waals surface area contributed by atoms with Crippen LogP contribution in [0.1, 0.15) is 19.4 Å². The van der Waals surface area contributed by atoms with Gasteiger partial charge < -0.3 is 19.5 Å². The second-order valence-electron chi connectivity index (χ2n) is 6.38. The van der Waals surface area contributed by atoms with Crippen LogP contribution < -0.4 is 14.8 Å². The number of carbonyl (C=O) groups excluding carboxylic acids is 1. The first-order valence-electron chi connectivity index (χ1n) is 8.87. The van der Waals surface area contributed by atoms with Crippen molar-refractivity contribution in [2.45, 2.75) is 19.9 Å². The number of hydrogen-bond acceptors (Lipinski definition) is 5. The lowest BCUT2D eigenvalue weighted by molar-refractivity contribution is -0.118. The molecule has 6 heteroatoms. The highest BCUT2D eigenvalue weighted by Gasteiger charge is 2.20. The van der Waals surface area contributed by atoms with Gasteiger partial charge in [-0.25, -0.2) is 0 Å². The lowest BCUT2D eigenvalue weighted by Gasteiger charge is -2.29. The normalized spacial score (nSPS) is 18.6. The molecule has 3 rings (SSSR count). The summed E-state index contributed by atoms with van der Waals surface area (Å²) in [5.74, 6) is 1.48. The third-order valence-corrected chi connectivity index (χ3v) is 4.31. The van der Waals surface area contributed by atoms with Gasteiger partial charge in [0.1, 0.15) is 18.1 Å². The standard InChI is InChI=1S/C19H26N2O4/c1-3-24-17-4-5-18-15(11-17)10-16(13-25-18)19(22)20-14(2)12-21-6-8-23-9-7-21/h4-5,10-11,14H,3,6-9,12-13H2,1-2H3,(H,20,22). The van der Waals surface area contributed by atoms with E-state index in [-0.39, 0.29) is 18.6 Å². The molecule has 2 aliphatic heterocycles. The van der Waals surface area contributed by atoms with E-state index in [1.165, 1.54) is 0 Å². The minimum Gasteiger partial charge on any atom is -0.494 e. The van der Waals surface area contributed by atoms with E-state index in [4.69, 9.17) is 14.2 Å². The van der Waals surface area contributed by atoms with E-state index in [0.29, 0.717) is 12.2 Å². The maximum Gasteiger partial charge on any atom is 0.250 e. The molecule has 2 aliphatic rings.